The zero-order valence-corrected chi connectivity index (χ0v) is 16.4. The van der Waals surface area contributed by atoms with Crippen LogP contribution in [-0.2, 0) is 20.6 Å². The van der Waals surface area contributed by atoms with Gasteiger partial charge in [0.1, 0.15) is 11.1 Å². The first kappa shape index (κ1) is 20.6. The predicted molar refractivity (Wildman–Crippen MR) is 104 cm³/mol. The molecule has 2 aromatic rings. The van der Waals surface area contributed by atoms with Crippen molar-refractivity contribution in [2.45, 2.75) is 12.8 Å². The number of anilines is 1. The Morgan fingerprint density at radius 2 is 1.59 bits per heavy atom. The third-order valence-electron chi connectivity index (χ3n) is 4.70. The van der Waals surface area contributed by atoms with Crippen LogP contribution in [0.3, 0.4) is 0 Å². The molecule has 1 aliphatic rings. The molecule has 1 aromatic heterocycles. The van der Waals surface area contributed by atoms with E-state index in [0.29, 0.717) is 32.7 Å². The number of furan rings is 1. The molecule has 8 heteroatoms. The van der Waals surface area contributed by atoms with E-state index in [-0.39, 0.29) is 35.0 Å². The van der Waals surface area contributed by atoms with E-state index in [2.05, 4.69) is 0 Å². The molecule has 8 nitrogen and oxygen atoms in total. The maximum Gasteiger partial charge on any atom is 0.344 e. The van der Waals surface area contributed by atoms with Gasteiger partial charge in [-0.3, -0.25) is 4.79 Å². The number of hydrogen-bond donors (Lipinski definition) is 0. The Kier molecular flexibility index (Phi) is 6.66. The fourth-order valence-corrected chi connectivity index (χ4v) is 3.21. The second-order valence-electron chi connectivity index (χ2n) is 6.48. The van der Waals surface area contributed by atoms with E-state index in [1.54, 1.807) is 4.90 Å². The third-order valence-corrected chi connectivity index (χ3v) is 4.70. The Hall–Kier alpha value is -3.13. The number of esters is 2. The smallest absolute Gasteiger partial charge is 0.344 e. The van der Waals surface area contributed by atoms with Crippen molar-refractivity contribution in [1.29, 1.82) is 0 Å². The molecule has 0 bridgehead atoms. The summed E-state index contributed by atoms with van der Waals surface area (Å²) < 4.78 is 20.8. The molecule has 1 aromatic carbocycles. The molecule has 0 radical (unpaired) electrons. The number of morpholine rings is 1. The number of rotatable bonds is 7. The van der Waals surface area contributed by atoms with E-state index in [9.17, 15) is 14.4 Å². The van der Waals surface area contributed by atoms with Crippen molar-refractivity contribution < 1.29 is 33.0 Å². The number of hydrogen-bond acceptors (Lipinski definition) is 8. The number of ether oxygens (including phenoxy) is 3. The number of methoxy groups -OCH3 is 2. The number of ketones is 1. The largest absolute Gasteiger partial charge is 0.465 e. The third kappa shape index (κ3) is 4.48. The quantitative estimate of drug-likeness (QED) is 0.516. The molecule has 0 atom stereocenters. The monoisotopic (exact) mass is 401 g/mol. The molecule has 1 fully saturated rings. The van der Waals surface area contributed by atoms with Gasteiger partial charge in [-0.2, -0.15) is 0 Å². The predicted octanol–water partition coefficient (Wildman–Crippen LogP) is 2.50. The van der Waals surface area contributed by atoms with E-state index < -0.39 is 11.9 Å². The molecule has 0 amide bonds. The van der Waals surface area contributed by atoms with Gasteiger partial charge in [0.25, 0.3) is 0 Å². The van der Waals surface area contributed by atoms with Gasteiger partial charge in [-0.15, -0.1) is 0 Å². The minimum absolute atomic E-state index is 0.0932. The minimum Gasteiger partial charge on any atom is -0.465 e. The van der Waals surface area contributed by atoms with Gasteiger partial charge in [0.15, 0.2) is 11.5 Å². The zero-order chi connectivity index (χ0) is 20.8. The van der Waals surface area contributed by atoms with Crippen LogP contribution in [0.5, 0.6) is 0 Å². The lowest BCUT2D eigenvalue weighted by Gasteiger charge is -2.27. The normalized spacial score (nSPS) is 13.8. The van der Waals surface area contributed by atoms with E-state index in [4.69, 9.17) is 18.6 Å². The number of Topliss-reactive ketones (excluding diaryl/α,β-unsaturated/α-hetero) is 1. The summed E-state index contributed by atoms with van der Waals surface area (Å²) in [7, 11) is 2.39. The van der Waals surface area contributed by atoms with Crippen molar-refractivity contribution in [2.24, 2.45) is 0 Å². The standard InChI is InChI=1S/C21H23NO7/c1-26-20(24)16-17(21(25)27-2)19(22-10-12-28-13-11-22)29-18(16)15(23)9-8-14-6-4-3-5-7-14/h3-7H,8-13H2,1-2H3. The summed E-state index contributed by atoms with van der Waals surface area (Å²) in [5.41, 5.74) is 0.692. The highest BCUT2D eigenvalue weighted by Gasteiger charge is 2.36. The van der Waals surface area contributed by atoms with E-state index in [0.717, 1.165) is 5.56 Å². The summed E-state index contributed by atoms with van der Waals surface area (Å²) in [6.07, 6.45) is 0.589. The van der Waals surface area contributed by atoms with Crippen LogP contribution < -0.4 is 4.90 Å². The molecule has 0 spiro atoms. The van der Waals surface area contributed by atoms with Crippen LogP contribution in [0.15, 0.2) is 34.7 Å². The molecule has 1 aliphatic heterocycles. The molecule has 0 aliphatic carbocycles. The molecule has 29 heavy (non-hydrogen) atoms. The number of nitrogens with zero attached hydrogens (tertiary/aromatic N) is 1. The number of carbonyl (C=O) groups is 3. The van der Waals surface area contributed by atoms with Crippen LogP contribution in [0.1, 0.15) is 43.3 Å². The van der Waals surface area contributed by atoms with Gasteiger partial charge in [-0.05, 0) is 12.0 Å². The lowest BCUT2D eigenvalue weighted by molar-refractivity contribution is 0.0555. The Labute approximate surface area is 168 Å². The molecule has 0 saturated carbocycles. The highest BCUT2D eigenvalue weighted by atomic mass is 16.5. The summed E-state index contributed by atoms with van der Waals surface area (Å²) in [5.74, 6) is -2.04. The number of benzene rings is 1. The fraction of sp³-hybridized carbons (Fsp3) is 0.381. The van der Waals surface area contributed by atoms with Crippen LogP contribution in [0.25, 0.3) is 0 Å². The van der Waals surface area contributed by atoms with Gasteiger partial charge in [0.05, 0.1) is 27.4 Å². The molecular weight excluding hydrogens is 378 g/mol. The second-order valence-corrected chi connectivity index (χ2v) is 6.48. The van der Waals surface area contributed by atoms with Crippen molar-refractivity contribution in [3.05, 3.63) is 52.8 Å². The maximum atomic E-state index is 12.9. The van der Waals surface area contributed by atoms with Gasteiger partial charge in [0.2, 0.25) is 5.88 Å². The molecule has 0 unspecified atom stereocenters. The zero-order valence-electron chi connectivity index (χ0n) is 16.4. The number of aryl methyl sites for hydroxylation is 1. The summed E-state index contributed by atoms with van der Waals surface area (Å²) in [4.78, 5) is 39.6. The van der Waals surface area contributed by atoms with Gasteiger partial charge < -0.3 is 23.5 Å². The first-order chi connectivity index (χ1) is 14.1. The topological polar surface area (TPSA) is 95.3 Å². The average Bonchev–Trinajstić information content (AvgIpc) is 3.18. The Bertz CT molecular complexity index is 882. The summed E-state index contributed by atoms with van der Waals surface area (Å²) in [5, 5.41) is 0. The van der Waals surface area contributed by atoms with Crippen molar-refractivity contribution >= 4 is 23.6 Å². The lowest BCUT2D eigenvalue weighted by Crippen LogP contribution is -2.37. The SMILES string of the molecule is COC(=O)c1c(C(=O)CCc2ccccc2)oc(N2CCOCC2)c1C(=O)OC. The number of carbonyl (C=O) groups excluding carboxylic acids is 3. The Morgan fingerprint density at radius 1 is 0.966 bits per heavy atom. The summed E-state index contributed by atoms with van der Waals surface area (Å²) in [6.45, 7) is 1.78. The molecule has 0 N–H and O–H groups in total. The lowest BCUT2D eigenvalue weighted by atomic mass is 10.0. The van der Waals surface area contributed by atoms with Crippen LogP contribution in [0.4, 0.5) is 5.88 Å². The maximum absolute atomic E-state index is 12.9. The molecular formula is C21H23NO7. The molecule has 1 saturated heterocycles. The second kappa shape index (κ2) is 9.38. The van der Waals surface area contributed by atoms with Gasteiger partial charge in [-0.25, -0.2) is 9.59 Å². The highest BCUT2D eigenvalue weighted by Crippen LogP contribution is 2.33. The van der Waals surface area contributed by atoms with Crippen molar-refractivity contribution in [3.63, 3.8) is 0 Å². The molecule has 2 heterocycles. The Morgan fingerprint density at radius 3 is 2.21 bits per heavy atom. The van der Waals surface area contributed by atoms with Crippen molar-refractivity contribution in [1.82, 2.24) is 0 Å². The highest BCUT2D eigenvalue weighted by molar-refractivity contribution is 6.13. The van der Waals surface area contributed by atoms with E-state index >= 15 is 0 Å². The average molecular weight is 401 g/mol. The van der Waals surface area contributed by atoms with E-state index in [1.165, 1.54) is 14.2 Å². The van der Waals surface area contributed by atoms with Crippen LogP contribution in [-0.4, -0.2) is 58.2 Å². The van der Waals surface area contributed by atoms with E-state index in [1.807, 2.05) is 30.3 Å². The fourth-order valence-electron chi connectivity index (χ4n) is 3.21. The van der Waals surface area contributed by atoms with Crippen LogP contribution in [0, 0.1) is 0 Å². The first-order valence-corrected chi connectivity index (χ1v) is 9.30. The molecule has 154 valence electrons. The van der Waals surface area contributed by atoms with Crippen molar-refractivity contribution in [2.75, 3.05) is 45.4 Å². The Balaban J connectivity index is 1.99. The van der Waals surface area contributed by atoms with Crippen LogP contribution in [0.2, 0.25) is 0 Å². The first-order valence-electron chi connectivity index (χ1n) is 9.30. The molecule has 3 rings (SSSR count). The van der Waals surface area contributed by atoms with Gasteiger partial charge >= 0.3 is 11.9 Å². The minimum atomic E-state index is -0.822. The van der Waals surface area contributed by atoms with Gasteiger partial charge in [-0.1, -0.05) is 30.3 Å². The summed E-state index contributed by atoms with van der Waals surface area (Å²) in [6, 6.07) is 9.49. The summed E-state index contributed by atoms with van der Waals surface area (Å²) >= 11 is 0. The van der Waals surface area contributed by atoms with Crippen LogP contribution >= 0.6 is 0 Å². The van der Waals surface area contributed by atoms with Gasteiger partial charge in [0, 0.05) is 19.5 Å². The van der Waals surface area contributed by atoms with Crippen molar-refractivity contribution in [3.8, 4) is 0 Å².